The maximum Gasteiger partial charge on any atom is 0.151 e. The van der Waals surface area contributed by atoms with E-state index in [4.69, 9.17) is 5.73 Å². The Hall–Kier alpha value is -0.870. The molecule has 4 heteroatoms. The highest BCUT2D eigenvalue weighted by Gasteiger charge is 2.19. The van der Waals surface area contributed by atoms with Crippen LogP contribution in [-0.2, 0) is 0 Å². The van der Waals surface area contributed by atoms with Crippen molar-refractivity contribution in [1.82, 2.24) is 0 Å². The molecule has 2 aliphatic heterocycles. The molecule has 0 radical (unpaired) electrons. The first-order valence-electron chi connectivity index (χ1n) is 3.28. The van der Waals surface area contributed by atoms with Crippen molar-refractivity contribution in [3.63, 3.8) is 0 Å². The fourth-order valence-corrected chi connectivity index (χ4v) is 1.67. The largest absolute Gasteiger partial charge is 0.301 e. The molecule has 11 heavy (non-hydrogen) atoms. The number of nitrogens with two attached hydrogens (primary N) is 1. The highest BCUT2D eigenvalue weighted by Crippen LogP contribution is 2.21. The van der Waals surface area contributed by atoms with E-state index in [-0.39, 0.29) is 5.50 Å². The fraction of sp³-hybridized carbons (Fsp3) is 0.143. The number of hydrogen-bond donors (Lipinski definition) is 1. The zero-order chi connectivity index (χ0) is 7.68. The highest BCUT2D eigenvalue weighted by molar-refractivity contribution is 8.16. The highest BCUT2D eigenvalue weighted by atomic mass is 32.2. The van der Waals surface area contributed by atoms with Crippen LogP contribution in [-0.4, -0.2) is 16.3 Å². The van der Waals surface area contributed by atoms with Crippen LogP contribution in [0.3, 0.4) is 0 Å². The van der Waals surface area contributed by atoms with Gasteiger partial charge in [0.25, 0.3) is 0 Å². The zero-order valence-corrected chi connectivity index (χ0v) is 6.58. The minimum Gasteiger partial charge on any atom is -0.301 e. The van der Waals surface area contributed by atoms with Crippen molar-refractivity contribution in [2.75, 3.05) is 0 Å². The van der Waals surface area contributed by atoms with Crippen LogP contribution in [0.2, 0.25) is 0 Å². The van der Waals surface area contributed by atoms with Gasteiger partial charge in [0.2, 0.25) is 0 Å². The lowest BCUT2D eigenvalue weighted by atomic mass is 10.3. The molecule has 0 saturated carbocycles. The molecule has 2 heterocycles. The van der Waals surface area contributed by atoms with Crippen molar-refractivity contribution in [3.8, 4) is 0 Å². The number of fused-ring (bicyclic) bond motifs is 1. The van der Waals surface area contributed by atoms with Gasteiger partial charge in [-0.1, -0.05) is 17.8 Å². The molecular formula is C7H7N3S. The summed E-state index contributed by atoms with van der Waals surface area (Å²) in [6, 6.07) is 0. The van der Waals surface area contributed by atoms with E-state index in [1.807, 2.05) is 18.2 Å². The van der Waals surface area contributed by atoms with Crippen molar-refractivity contribution in [2.45, 2.75) is 5.50 Å². The molecule has 2 aliphatic rings. The monoisotopic (exact) mass is 165 g/mol. The van der Waals surface area contributed by atoms with Crippen molar-refractivity contribution < 1.29 is 0 Å². The first-order chi connectivity index (χ1) is 5.36. The van der Waals surface area contributed by atoms with Gasteiger partial charge in [-0.3, -0.25) is 4.99 Å². The predicted octanol–water partition coefficient (Wildman–Crippen LogP) is 0.899. The van der Waals surface area contributed by atoms with Gasteiger partial charge in [-0.05, 0) is 12.2 Å². The number of rotatable bonds is 0. The average Bonchev–Trinajstić information content (AvgIpc) is 2.17. The Bertz CT molecular complexity index is 288. The summed E-state index contributed by atoms with van der Waals surface area (Å²) in [6.45, 7) is 0. The molecule has 0 saturated heterocycles. The standard InChI is InChI=1S/C7H7N3S/c8-7-10-5-3-1-2-4-9-6(5)11-7/h1-4,7H,8H2. The molecule has 0 aromatic rings. The molecule has 0 aliphatic carbocycles. The van der Waals surface area contributed by atoms with Gasteiger partial charge in [0.05, 0.1) is 5.71 Å². The van der Waals surface area contributed by atoms with Crippen LogP contribution in [0.25, 0.3) is 0 Å². The second kappa shape index (κ2) is 2.64. The first-order valence-corrected chi connectivity index (χ1v) is 4.16. The van der Waals surface area contributed by atoms with Gasteiger partial charge in [0, 0.05) is 6.20 Å². The summed E-state index contributed by atoms with van der Waals surface area (Å²) in [5.41, 5.74) is 6.31. The Kier molecular flexibility index (Phi) is 1.63. The molecule has 0 amide bonds. The summed E-state index contributed by atoms with van der Waals surface area (Å²) in [4.78, 5) is 8.33. The normalized spacial score (nSPS) is 27.5. The second-order valence-electron chi connectivity index (χ2n) is 2.16. The van der Waals surface area contributed by atoms with Crippen LogP contribution in [0.15, 0.2) is 34.4 Å². The summed E-state index contributed by atoms with van der Waals surface area (Å²) < 4.78 is 0. The van der Waals surface area contributed by atoms with Crippen LogP contribution in [0.5, 0.6) is 0 Å². The van der Waals surface area contributed by atoms with Crippen LogP contribution in [0.1, 0.15) is 0 Å². The fourth-order valence-electron chi connectivity index (χ4n) is 0.911. The quantitative estimate of drug-likeness (QED) is 0.579. The molecule has 2 N–H and O–H groups in total. The number of allylic oxidation sites excluding steroid dienone is 3. The summed E-state index contributed by atoms with van der Waals surface area (Å²) in [6.07, 6.45) is 7.45. The lowest BCUT2D eigenvalue weighted by molar-refractivity contribution is 1.01. The van der Waals surface area contributed by atoms with E-state index in [0.29, 0.717) is 0 Å². The van der Waals surface area contributed by atoms with Gasteiger partial charge in [0.15, 0.2) is 5.50 Å². The molecule has 0 bridgehead atoms. The van der Waals surface area contributed by atoms with Crippen molar-refractivity contribution in [3.05, 3.63) is 24.4 Å². The maximum absolute atomic E-state index is 5.58. The molecule has 0 fully saturated rings. The minimum atomic E-state index is -0.167. The average molecular weight is 165 g/mol. The molecule has 2 rings (SSSR count). The molecule has 3 nitrogen and oxygen atoms in total. The van der Waals surface area contributed by atoms with Gasteiger partial charge >= 0.3 is 0 Å². The van der Waals surface area contributed by atoms with Crippen LogP contribution >= 0.6 is 11.8 Å². The number of hydrogen-bond acceptors (Lipinski definition) is 4. The summed E-state index contributed by atoms with van der Waals surface area (Å²) in [5, 5.41) is 0.919. The van der Waals surface area contributed by atoms with E-state index < -0.39 is 0 Å². The van der Waals surface area contributed by atoms with Crippen LogP contribution in [0, 0.1) is 0 Å². The Labute approximate surface area is 68.8 Å². The number of nitrogens with zero attached hydrogens (tertiary/aromatic N) is 2. The van der Waals surface area contributed by atoms with E-state index in [1.165, 1.54) is 11.8 Å². The van der Waals surface area contributed by atoms with E-state index in [0.717, 1.165) is 10.8 Å². The lowest BCUT2D eigenvalue weighted by Crippen LogP contribution is -2.08. The van der Waals surface area contributed by atoms with Gasteiger partial charge in [0.1, 0.15) is 5.04 Å². The van der Waals surface area contributed by atoms with Gasteiger partial charge in [-0.15, -0.1) is 0 Å². The third-order valence-corrected chi connectivity index (χ3v) is 2.25. The molecule has 0 aromatic carbocycles. The smallest absolute Gasteiger partial charge is 0.151 e. The van der Waals surface area contributed by atoms with Crippen LogP contribution in [0.4, 0.5) is 0 Å². The Morgan fingerprint density at radius 3 is 3.27 bits per heavy atom. The van der Waals surface area contributed by atoms with E-state index in [2.05, 4.69) is 9.98 Å². The molecule has 1 unspecified atom stereocenters. The van der Waals surface area contributed by atoms with Crippen molar-refractivity contribution >= 4 is 22.5 Å². The molecule has 1 atom stereocenters. The lowest BCUT2D eigenvalue weighted by Gasteiger charge is -1.92. The third kappa shape index (κ3) is 1.27. The molecular weight excluding hydrogens is 158 g/mol. The minimum absolute atomic E-state index is 0.167. The second-order valence-corrected chi connectivity index (χ2v) is 3.26. The van der Waals surface area contributed by atoms with Gasteiger partial charge < -0.3 is 5.73 Å². The number of aliphatic imine (C=N–C) groups is 2. The number of thioether (sulfide) groups is 1. The first kappa shape index (κ1) is 6.82. The predicted molar refractivity (Wildman–Crippen MR) is 48.7 cm³/mol. The Balaban J connectivity index is 2.39. The SMILES string of the molecule is NC1N=C2C=CC=CN=C2S1. The molecule has 0 spiro atoms. The van der Waals surface area contributed by atoms with Crippen molar-refractivity contribution in [1.29, 1.82) is 0 Å². The Morgan fingerprint density at radius 2 is 2.36 bits per heavy atom. The summed E-state index contributed by atoms with van der Waals surface area (Å²) in [7, 11) is 0. The van der Waals surface area contributed by atoms with Gasteiger partial charge in [-0.2, -0.15) is 0 Å². The topological polar surface area (TPSA) is 50.7 Å². The third-order valence-electron chi connectivity index (χ3n) is 1.36. The van der Waals surface area contributed by atoms with E-state index in [1.54, 1.807) is 6.20 Å². The summed E-state index contributed by atoms with van der Waals surface area (Å²) >= 11 is 1.48. The maximum atomic E-state index is 5.58. The summed E-state index contributed by atoms with van der Waals surface area (Å²) in [5.74, 6) is 0. The molecule has 0 aromatic heterocycles. The van der Waals surface area contributed by atoms with E-state index >= 15 is 0 Å². The van der Waals surface area contributed by atoms with E-state index in [9.17, 15) is 0 Å². The van der Waals surface area contributed by atoms with Gasteiger partial charge in [-0.25, -0.2) is 4.99 Å². The zero-order valence-electron chi connectivity index (χ0n) is 5.77. The van der Waals surface area contributed by atoms with Crippen molar-refractivity contribution in [2.24, 2.45) is 15.7 Å². The Morgan fingerprint density at radius 1 is 1.45 bits per heavy atom. The van der Waals surface area contributed by atoms with Crippen LogP contribution < -0.4 is 5.73 Å². The molecule has 56 valence electrons.